The minimum atomic E-state index is 0.381. The lowest BCUT2D eigenvalue weighted by Crippen LogP contribution is -2.19. The molecule has 0 aliphatic carbocycles. The highest BCUT2D eigenvalue weighted by Crippen LogP contribution is 2.26. The van der Waals surface area contributed by atoms with Crippen molar-refractivity contribution in [3.05, 3.63) is 39.3 Å². The Morgan fingerprint density at radius 2 is 2.05 bits per heavy atom. The molecule has 0 saturated carbocycles. The van der Waals surface area contributed by atoms with Crippen molar-refractivity contribution in [3.63, 3.8) is 0 Å². The van der Waals surface area contributed by atoms with Crippen molar-refractivity contribution in [1.29, 1.82) is 0 Å². The lowest BCUT2D eigenvalue weighted by Gasteiger charge is -2.15. The molecule has 2 rings (SSSR count). The van der Waals surface area contributed by atoms with Gasteiger partial charge in [0.2, 0.25) is 0 Å². The molecule has 3 nitrogen and oxygen atoms in total. The van der Waals surface area contributed by atoms with Gasteiger partial charge in [-0.25, -0.2) is 0 Å². The van der Waals surface area contributed by atoms with Gasteiger partial charge in [0.05, 0.1) is 5.69 Å². The number of nitrogens with one attached hydrogen (secondary N) is 1. The van der Waals surface area contributed by atoms with Crippen molar-refractivity contribution in [2.75, 3.05) is 7.05 Å². The third kappa shape index (κ3) is 3.30. The van der Waals surface area contributed by atoms with Crippen molar-refractivity contribution < 1.29 is 0 Å². The monoisotopic (exact) mass is 291 g/mol. The number of nitrogens with zero attached hydrogens (tertiary/aromatic N) is 2. The van der Waals surface area contributed by atoms with Crippen LogP contribution in [-0.2, 0) is 25.8 Å². The first-order valence-corrected chi connectivity index (χ1v) is 8.34. The third-order valence-electron chi connectivity index (χ3n) is 3.71. The summed E-state index contributed by atoms with van der Waals surface area (Å²) in [5.74, 6) is 0. The Hall–Kier alpha value is -1.13. The van der Waals surface area contributed by atoms with E-state index in [2.05, 4.69) is 54.1 Å². The molecule has 0 spiro atoms. The van der Waals surface area contributed by atoms with Crippen molar-refractivity contribution in [2.45, 2.75) is 52.6 Å². The highest BCUT2D eigenvalue weighted by atomic mass is 32.1. The molecule has 0 radical (unpaired) electrons. The number of rotatable bonds is 7. The second kappa shape index (κ2) is 7.04. The molecule has 2 aromatic heterocycles. The van der Waals surface area contributed by atoms with Crippen LogP contribution in [0.1, 0.15) is 48.0 Å². The molecule has 1 N–H and O–H groups in total. The fourth-order valence-corrected chi connectivity index (χ4v) is 3.51. The van der Waals surface area contributed by atoms with E-state index >= 15 is 0 Å². The van der Waals surface area contributed by atoms with E-state index in [1.54, 1.807) is 0 Å². The Kier molecular flexibility index (Phi) is 5.38. The minimum absolute atomic E-state index is 0.381. The van der Waals surface area contributed by atoms with Gasteiger partial charge >= 0.3 is 0 Å². The molecular formula is C16H25N3S. The summed E-state index contributed by atoms with van der Waals surface area (Å²) >= 11 is 1.92. The zero-order valence-corrected chi connectivity index (χ0v) is 13.8. The predicted molar refractivity (Wildman–Crippen MR) is 86.5 cm³/mol. The fraction of sp³-hybridized carbons (Fsp3) is 0.562. The largest absolute Gasteiger partial charge is 0.312 e. The first-order valence-electron chi connectivity index (χ1n) is 7.53. The summed E-state index contributed by atoms with van der Waals surface area (Å²) < 4.78 is 2.14. The maximum Gasteiger partial charge on any atom is 0.0624 e. The van der Waals surface area contributed by atoms with Crippen LogP contribution in [0.2, 0.25) is 0 Å². The smallest absolute Gasteiger partial charge is 0.0624 e. The van der Waals surface area contributed by atoms with Gasteiger partial charge in [0.15, 0.2) is 0 Å². The molecular weight excluding hydrogens is 266 g/mol. The molecule has 2 heterocycles. The zero-order chi connectivity index (χ0) is 14.5. The van der Waals surface area contributed by atoms with Crippen LogP contribution in [0.15, 0.2) is 18.2 Å². The molecule has 0 aliphatic heterocycles. The van der Waals surface area contributed by atoms with E-state index in [1.165, 1.54) is 21.1 Å². The number of hydrogen-bond donors (Lipinski definition) is 1. The van der Waals surface area contributed by atoms with Gasteiger partial charge in [-0.2, -0.15) is 5.10 Å². The molecule has 1 unspecified atom stereocenters. The molecule has 0 aliphatic rings. The second-order valence-corrected chi connectivity index (χ2v) is 6.20. The van der Waals surface area contributed by atoms with Gasteiger partial charge in [-0.3, -0.25) is 4.68 Å². The Bertz CT molecular complexity index is 542. The van der Waals surface area contributed by atoms with Gasteiger partial charge in [0.25, 0.3) is 0 Å². The van der Waals surface area contributed by atoms with E-state index in [0.717, 1.165) is 25.8 Å². The normalized spacial score (nSPS) is 12.8. The highest BCUT2D eigenvalue weighted by Gasteiger charge is 2.16. The summed E-state index contributed by atoms with van der Waals surface area (Å²) in [6.45, 7) is 7.47. The van der Waals surface area contributed by atoms with Crippen LogP contribution < -0.4 is 5.32 Å². The molecule has 20 heavy (non-hydrogen) atoms. The van der Waals surface area contributed by atoms with Gasteiger partial charge in [0, 0.05) is 34.5 Å². The van der Waals surface area contributed by atoms with Crippen LogP contribution in [0.5, 0.6) is 0 Å². The van der Waals surface area contributed by atoms with Crippen LogP contribution in [0, 0.1) is 0 Å². The average Bonchev–Trinajstić information content (AvgIpc) is 3.10. The Labute approximate surface area is 126 Å². The standard InChI is InChI=1S/C16H25N3S/c1-5-12-10-13(19(7-3)18-12)11-15(17-4)16-9-8-14(6-2)20-16/h8-10,15,17H,5-7,11H2,1-4H3. The van der Waals surface area contributed by atoms with Crippen molar-refractivity contribution in [2.24, 2.45) is 0 Å². The van der Waals surface area contributed by atoms with Crippen LogP contribution in [0.25, 0.3) is 0 Å². The molecule has 0 bridgehead atoms. The topological polar surface area (TPSA) is 29.9 Å². The Morgan fingerprint density at radius 3 is 2.60 bits per heavy atom. The van der Waals surface area contributed by atoms with E-state index in [1.807, 2.05) is 18.4 Å². The predicted octanol–water partition coefficient (Wildman–Crippen LogP) is 3.59. The molecule has 1 atom stereocenters. The zero-order valence-electron chi connectivity index (χ0n) is 12.9. The van der Waals surface area contributed by atoms with Gasteiger partial charge in [-0.15, -0.1) is 11.3 Å². The average molecular weight is 291 g/mol. The van der Waals surface area contributed by atoms with Crippen molar-refractivity contribution in [1.82, 2.24) is 15.1 Å². The summed E-state index contributed by atoms with van der Waals surface area (Å²) in [5, 5.41) is 8.09. The lowest BCUT2D eigenvalue weighted by molar-refractivity contribution is 0.546. The minimum Gasteiger partial charge on any atom is -0.312 e. The summed E-state index contributed by atoms with van der Waals surface area (Å²) in [5.41, 5.74) is 2.52. The van der Waals surface area contributed by atoms with E-state index < -0.39 is 0 Å². The van der Waals surface area contributed by atoms with E-state index in [9.17, 15) is 0 Å². The Balaban J connectivity index is 2.19. The van der Waals surface area contributed by atoms with E-state index in [4.69, 9.17) is 0 Å². The van der Waals surface area contributed by atoms with Gasteiger partial charge in [-0.1, -0.05) is 13.8 Å². The number of hydrogen-bond acceptors (Lipinski definition) is 3. The summed E-state index contributed by atoms with van der Waals surface area (Å²) in [6.07, 6.45) is 3.12. The van der Waals surface area contributed by atoms with Crippen LogP contribution in [0.3, 0.4) is 0 Å². The summed E-state index contributed by atoms with van der Waals surface area (Å²) in [6, 6.07) is 7.14. The highest BCUT2D eigenvalue weighted by molar-refractivity contribution is 7.12. The van der Waals surface area contributed by atoms with Crippen LogP contribution in [0.4, 0.5) is 0 Å². The number of thiophene rings is 1. The summed E-state index contributed by atoms with van der Waals surface area (Å²) in [7, 11) is 2.05. The second-order valence-electron chi connectivity index (χ2n) is 5.00. The molecule has 110 valence electrons. The van der Waals surface area contributed by atoms with Crippen LogP contribution in [-0.4, -0.2) is 16.8 Å². The SMILES string of the molecule is CCc1cc(CC(NC)c2ccc(CC)s2)n(CC)n1. The van der Waals surface area contributed by atoms with E-state index in [0.29, 0.717) is 6.04 Å². The number of likely N-dealkylation sites (N-methyl/N-ethyl adjacent to an activating group) is 1. The quantitative estimate of drug-likeness (QED) is 0.845. The van der Waals surface area contributed by atoms with Gasteiger partial charge in [0.1, 0.15) is 0 Å². The van der Waals surface area contributed by atoms with E-state index in [-0.39, 0.29) is 0 Å². The van der Waals surface area contributed by atoms with Crippen LogP contribution >= 0.6 is 11.3 Å². The lowest BCUT2D eigenvalue weighted by atomic mass is 10.1. The number of aromatic nitrogens is 2. The van der Waals surface area contributed by atoms with Gasteiger partial charge < -0.3 is 5.32 Å². The molecule has 2 aromatic rings. The molecule has 0 aromatic carbocycles. The first kappa shape index (κ1) is 15.3. The van der Waals surface area contributed by atoms with Crippen molar-refractivity contribution in [3.8, 4) is 0 Å². The summed E-state index contributed by atoms with van der Waals surface area (Å²) in [4.78, 5) is 2.88. The fourth-order valence-electron chi connectivity index (χ4n) is 2.45. The van der Waals surface area contributed by atoms with Gasteiger partial charge in [-0.05, 0) is 45.0 Å². The molecule has 0 saturated heterocycles. The first-order chi connectivity index (χ1) is 9.71. The molecule has 4 heteroatoms. The maximum absolute atomic E-state index is 4.64. The number of aryl methyl sites for hydroxylation is 3. The maximum atomic E-state index is 4.64. The molecule has 0 fully saturated rings. The molecule has 0 amide bonds. The third-order valence-corrected chi connectivity index (χ3v) is 5.06. The van der Waals surface area contributed by atoms with Crippen molar-refractivity contribution >= 4 is 11.3 Å². The Morgan fingerprint density at radius 1 is 1.25 bits per heavy atom.